The van der Waals surface area contributed by atoms with Crippen LogP contribution in [-0.2, 0) is 20.6 Å². The van der Waals surface area contributed by atoms with Gasteiger partial charge < -0.3 is 28.8 Å². The summed E-state index contributed by atoms with van der Waals surface area (Å²) >= 11 is 0. The number of hydrogen-bond acceptors (Lipinski definition) is 8. The first kappa shape index (κ1) is 27.8. The summed E-state index contributed by atoms with van der Waals surface area (Å²) in [5, 5.41) is 15.1. The van der Waals surface area contributed by atoms with Crippen molar-refractivity contribution in [2.45, 2.75) is 97.9 Å². The summed E-state index contributed by atoms with van der Waals surface area (Å²) in [5.74, 6) is 1.32. The molecule has 0 radical (unpaired) electrons. The van der Waals surface area contributed by atoms with Gasteiger partial charge in [0.05, 0.1) is 24.9 Å². The van der Waals surface area contributed by atoms with Gasteiger partial charge in [-0.25, -0.2) is 4.79 Å². The Morgan fingerprint density at radius 3 is 2.53 bits per heavy atom. The molecule has 1 aromatic heterocycles. The zero-order valence-corrected chi connectivity index (χ0v) is 22.2. The first-order valence-corrected chi connectivity index (χ1v) is 12.8. The van der Waals surface area contributed by atoms with Gasteiger partial charge in [0, 0.05) is 36.6 Å². The topological polar surface area (TPSA) is 101 Å². The van der Waals surface area contributed by atoms with Crippen LogP contribution in [0.1, 0.15) is 76.7 Å². The van der Waals surface area contributed by atoms with E-state index in [2.05, 4.69) is 39.8 Å². The summed E-state index contributed by atoms with van der Waals surface area (Å²) < 4.78 is 29.9. The Bertz CT molecular complexity index is 973. The van der Waals surface area contributed by atoms with Crippen molar-refractivity contribution < 1.29 is 33.6 Å². The lowest BCUT2D eigenvalue weighted by molar-refractivity contribution is -0.187. The summed E-state index contributed by atoms with van der Waals surface area (Å²) in [5.41, 5.74) is 3.08. The maximum Gasteiger partial charge on any atom is 0.508 e. The third-order valence-corrected chi connectivity index (χ3v) is 6.18. The highest BCUT2D eigenvalue weighted by Gasteiger charge is 2.32. The number of ether oxygens (including phenoxy) is 5. The number of aromatic nitrogens is 2. The molecule has 1 aliphatic heterocycles. The predicted molar refractivity (Wildman–Crippen MR) is 134 cm³/mol. The van der Waals surface area contributed by atoms with Gasteiger partial charge in [-0.15, -0.1) is 5.10 Å². The molecular weight excluding hydrogens is 464 g/mol. The number of hydrogen-bond donors (Lipinski definition) is 1. The van der Waals surface area contributed by atoms with Gasteiger partial charge in [0.15, 0.2) is 0 Å². The highest BCUT2D eigenvalue weighted by atomic mass is 16.7. The number of aliphatic hydroxyl groups is 1. The van der Waals surface area contributed by atoms with Crippen molar-refractivity contribution in [3.8, 4) is 11.6 Å². The van der Waals surface area contributed by atoms with Crippen LogP contribution in [0.25, 0.3) is 0 Å². The first-order chi connectivity index (χ1) is 17.2. The van der Waals surface area contributed by atoms with Gasteiger partial charge in [-0.2, -0.15) is 0 Å². The molecule has 0 spiro atoms. The fraction of sp³-hybridized carbons (Fsp3) is 0.630. The van der Waals surface area contributed by atoms with Crippen LogP contribution in [0.15, 0.2) is 24.3 Å². The second-order valence-electron chi connectivity index (χ2n) is 9.49. The molecule has 0 saturated carbocycles. The molecule has 36 heavy (non-hydrogen) atoms. The van der Waals surface area contributed by atoms with Gasteiger partial charge in [-0.05, 0) is 58.7 Å². The van der Waals surface area contributed by atoms with Crippen LogP contribution in [0.4, 0.5) is 4.79 Å². The number of carbonyl (C=O) groups excluding carboxylic acids is 1. The molecular formula is C27H40N2O7. The van der Waals surface area contributed by atoms with E-state index >= 15 is 0 Å². The molecule has 200 valence electrons. The second kappa shape index (κ2) is 13.0. The third-order valence-electron chi connectivity index (χ3n) is 6.18. The quantitative estimate of drug-likeness (QED) is 0.429. The summed E-state index contributed by atoms with van der Waals surface area (Å²) in [6.07, 6.45) is -0.239. The van der Waals surface area contributed by atoms with Gasteiger partial charge >= 0.3 is 6.16 Å². The molecule has 3 rings (SSSR count). The minimum atomic E-state index is -0.757. The van der Waals surface area contributed by atoms with E-state index in [0.717, 1.165) is 29.0 Å². The average molecular weight is 505 g/mol. The molecule has 9 nitrogen and oxygen atoms in total. The number of nitrogens with zero attached hydrogens (tertiary/aromatic N) is 2. The lowest BCUT2D eigenvalue weighted by atomic mass is 10.0. The van der Waals surface area contributed by atoms with Gasteiger partial charge in [0.25, 0.3) is 0 Å². The van der Waals surface area contributed by atoms with Gasteiger partial charge in [-0.1, -0.05) is 19.1 Å². The van der Waals surface area contributed by atoms with Crippen LogP contribution < -0.4 is 9.47 Å². The van der Waals surface area contributed by atoms with E-state index in [0.29, 0.717) is 25.1 Å². The molecule has 0 bridgehead atoms. The monoisotopic (exact) mass is 504 g/mol. The van der Waals surface area contributed by atoms with Crippen LogP contribution in [-0.4, -0.2) is 58.9 Å². The van der Waals surface area contributed by atoms with Crippen LogP contribution in [0, 0.1) is 6.92 Å². The Morgan fingerprint density at radius 2 is 1.89 bits per heavy atom. The van der Waals surface area contributed by atoms with Crippen molar-refractivity contribution in [2.24, 2.45) is 0 Å². The zero-order chi connectivity index (χ0) is 26.2. The van der Waals surface area contributed by atoms with Gasteiger partial charge in [0.1, 0.15) is 12.4 Å². The Labute approximate surface area is 213 Å². The van der Waals surface area contributed by atoms with Crippen LogP contribution >= 0.6 is 0 Å². The van der Waals surface area contributed by atoms with Crippen molar-refractivity contribution in [3.05, 3.63) is 41.1 Å². The van der Waals surface area contributed by atoms with E-state index in [1.54, 1.807) is 6.92 Å². The first-order valence-electron chi connectivity index (χ1n) is 12.8. The Kier molecular flexibility index (Phi) is 10.0. The fourth-order valence-corrected chi connectivity index (χ4v) is 4.11. The Morgan fingerprint density at radius 1 is 1.17 bits per heavy atom. The predicted octanol–water partition coefficient (Wildman–Crippen LogP) is 4.96. The summed E-state index contributed by atoms with van der Waals surface area (Å²) in [6, 6.07) is 8.22. The minimum Gasteiger partial charge on any atom is -0.491 e. The molecule has 1 aliphatic rings. The molecule has 4 atom stereocenters. The molecule has 0 aliphatic carbocycles. The average Bonchev–Trinajstić information content (AvgIpc) is 3.14. The van der Waals surface area contributed by atoms with E-state index in [1.165, 1.54) is 0 Å². The molecule has 1 N–H and O–H groups in total. The van der Waals surface area contributed by atoms with E-state index < -0.39 is 24.7 Å². The summed E-state index contributed by atoms with van der Waals surface area (Å²) in [4.78, 5) is 11.5. The molecule has 1 unspecified atom stereocenters. The molecule has 1 aromatic carbocycles. The highest BCUT2D eigenvalue weighted by Crippen LogP contribution is 2.30. The maximum absolute atomic E-state index is 11.5. The standard InChI is InChI=1S/C27H40N2O7/c1-7-18(5)34-22-11-9-20(10-12-22)13-24-19(6)29(17(3)4)28-26(24)36-25-15-21(30)14-23(35-25)16-33-27(31)32-8-2/h9-12,17-18,21,23,25,30H,7-8,13-16H2,1-6H3/t18?,21-,23-,25-/m0/s1. The minimum absolute atomic E-state index is 0.0207. The molecule has 1 fully saturated rings. The highest BCUT2D eigenvalue weighted by molar-refractivity contribution is 5.59. The van der Waals surface area contributed by atoms with Crippen molar-refractivity contribution in [2.75, 3.05) is 13.2 Å². The van der Waals surface area contributed by atoms with Crippen molar-refractivity contribution in [1.29, 1.82) is 0 Å². The third kappa shape index (κ3) is 7.61. The summed E-state index contributed by atoms with van der Waals surface area (Å²) in [6.45, 7) is 12.2. The van der Waals surface area contributed by atoms with Crippen LogP contribution in [0.2, 0.25) is 0 Å². The number of rotatable bonds is 11. The van der Waals surface area contributed by atoms with Gasteiger partial charge in [-0.3, -0.25) is 4.68 Å². The van der Waals surface area contributed by atoms with Crippen LogP contribution in [0.3, 0.4) is 0 Å². The SMILES string of the molecule is CCOC(=O)OC[C@@H]1C[C@H](O)C[C@H](Oc2nn(C(C)C)c(C)c2Cc2ccc(OC(C)CC)cc2)O1. The molecule has 9 heteroatoms. The lowest BCUT2D eigenvalue weighted by Gasteiger charge is -2.32. The summed E-state index contributed by atoms with van der Waals surface area (Å²) in [7, 11) is 0. The molecule has 2 heterocycles. The van der Waals surface area contributed by atoms with Gasteiger partial charge in [0.2, 0.25) is 12.2 Å². The van der Waals surface area contributed by atoms with Crippen molar-refractivity contribution >= 4 is 6.16 Å². The normalized spacial score (nSPS) is 20.7. The molecule has 0 amide bonds. The second-order valence-corrected chi connectivity index (χ2v) is 9.49. The van der Waals surface area contributed by atoms with Crippen molar-refractivity contribution in [1.82, 2.24) is 9.78 Å². The fourth-order valence-electron chi connectivity index (χ4n) is 4.11. The number of aliphatic hydroxyl groups excluding tert-OH is 1. The number of benzene rings is 1. The molecule has 2 aromatic rings. The Hall–Kier alpha value is -2.78. The largest absolute Gasteiger partial charge is 0.508 e. The maximum atomic E-state index is 11.5. The smallest absolute Gasteiger partial charge is 0.491 e. The van der Waals surface area contributed by atoms with E-state index in [9.17, 15) is 9.90 Å². The van der Waals surface area contributed by atoms with Crippen LogP contribution in [0.5, 0.6) is 11.6 Å². The van der Waals surface area contributed by atoms with E-state index in [4.69, 9.17) is 28.8 Å². The Balaban J connectivity index is 1.74. The van der Waals surface area contributed by atoms with E-state index in [1.807, 2.05) is 23.7 Å². The molecule has 1 saturated heterocycles. The lowest BCUT2D eigenvalue weighted by Crippen LogP contribution is -2.41. The zero-order valence-electron chi connectivity index (χ0n) is 22.2. The number of carbonyl (C=O) groups is 1. The van der Waals surface area contributed by atoms with E-state index in [-0.39, 0.29) is 25.4 Å². The van der Waals surface area contributed by atoms with Crippen molar-refractivity contribution in [3.63, 3.8) is 0 Å².